The molecule has 0 fully saturated rings. The molecule has 0 heterocycles. The van der Waals surface area contributed by atoms with Gasteiger partial charge in [0.2, 0.25) is 0 Å². The molecule has 7 heteroatoms. The van der Waals surface area contributed by atoms with Crippen LogP contribution in [0.4, 0.5) is 5.69 Å². The summed E-state index contributed by atoms with van der Waals surface area (Å²) in [6.07, 6.45) is 1.26. The Bertz CT molecular complexity index is 1060. The van der Waals surface area contributed by atoms with Gasteiger partial charge in [-0.3, -0.25) is 9.55 Å². The molecule has 0 unspecified atom stereocenters. The van der Waals surface area contributed by atoms with Gasteiger partial charge in [-0.25, -0.2) is 0 Å². The molecule has 3 aromatic carbocycles. The van der Waals surface area contributed by atoms with E-state index in [0.717, 1.165) is 6.07 Å². The maximum atomic E-state index is 11.8. The number of hydrogen-bond acceptors (Lipinski definition) is 5. The molecule has 0 bridgehead atoms. The topological polar surface area (TPSA) is 107 Å². The fourth-order valence-corrected chi connectivity index (χ4v) is 3.23. The van der Waals surface area contributed by atoms with Gasteiger partial charge in [0.15, 0.2) is 0 Å². The molecule has 6 nitrogen and oxygen atoms in total. The lowest BCUT2D eigenvalue weighted by Crippen LogP contribution is -2.00. The number of hydrogen-bond donors (Lipinski definition) is 3. The van der Waals surface area contributed by atoms with E-state index in [2.05, 4.69) is 4.99 Å². The molecule has 0 spiro atoms. The third-order valence-corrected chi connectivity index (χ3v) is 4.42. The third-order valence-electron chi connectivity index (χ3n) is 3.47. The van der Waals surface area contributed by atoms with Crippen LogP contribution in [0.25, 0.3) is 10.8 Å². The number of aliphatic imine (C=N–C) groups is 1. The van der Waals surface area contributed by atoms with Crippen molar-refractivity contribution in [2.75, 3.05) is 0 Å². The molecule has 0 aliphatic carbocycles. The van der Waals surface area contributed by atoms with Gasteiger partial charge >= 0.3 is 0 Å². The Balaban J connectivity index is 2.18. The van der Waals surface area contributed by atoms with E-state index >= 15 is 0 Å². The van der Waals surface area contributed by atoms with E-state index in [1.807, 2.05) is 0 Å². The van der Waals surface area contributed by atoms with E-state index in [1.54, 1.807) is 30.3 Å². The Morgan fingerprint density at radius 3 is 2.42 bits per heavy atom. The summed E-state index contributed by atoms with van der Waals surface area (Å²) < 4.78 is 33.2. The molecular formula is C17H13NO5S. The third kappa shape index (κ3) is 3.08. The lowest BCUT2D eigenvalue weighted by atomic mass is 10.1. The Hall–Kier alpha value is -2.90. The minimum absolute atomic E-state index is 0.0451. The summed E-state index contributed by atoms with van der Waals surface area (Å²) in [7, 11) is -4.50. The van der Waals surface area contributed by atoms with Crippen LogP contribution in [0.3, 0.4) is 0 Å². The van der Waals surface area contributed by atoms with Crippen LogP contribution in [0.15, 0.2) is 64.5 Å². The summed E-state index contributed by atoms with van der Waals surface area (Å²) in [5, 5.41) is 20.0. The van der Waals surface area contributed by atoms with Crippen LogP contribution in [-0.2, 0) is 10.1 Å². The van der Waals surface area contributed by atoms with Gasteiger partial charge in [0, 0.05) is 23.2 Å². The normalized spacial score (nSPS) is 12.0. The second-order valence-corrected chi connectivity index (χ2v) is 6.47. The predicted molar refractivity (Wildman–Crippen MR) is 90.8 cm³/mol. The summed E-state index contributed by atoms with van der Waals surface area (Å²) in [6.45, 7) is 0. The van der Waals surface area contributed by atoms with Gasteiger partial charge in [-0.05, 0) is 23.6 Å². The minimum Gasteiger partial charge on any atom is -0.508 e. The van der Waals surface area contributed by atoms with Gasteiger partial charge in [-0.2, -0.15) is 8.42 Å². The molecule has 0 saturated heterocycles. The zero-order chi connectivity index (χ0) is 17.3. The molecule has 122 valence electrons. The number of fused-ring (bicyclic) bond motifs is 1. The van der Waals surface area contributed by atoms with E-state index in [-0.39, 0.29) is 22.1 Å². The average Bonchev–Trinajstić information content (AvgIpc) is 2.52. The monoisotopic (exact) mass is 343 g/mol. The second-order valence-electron chi connectivity index (χ2n) is 5.11. The first-order valence-corrected chi connectivity index (χ1v) is 8.35. The Morgan fingerprint density at radius 1 is 0.958 bits per heavy atom. The van der Waals surface area contributed by atoms with Gasteiger partial charge in [0.1, 0.15) is 16.4 Å². The summed E-state index contributed by atoms with van der Waals surface area (Å²) in [5.41, 5.74) is 0.339. The molecular weight excluding hydrogens is 330 g/mol. The van der Waals surface area contributed by atoms with Crippen LogP contribution < -0.4 is 0 Å². The fraction of sp³-hybridized carbons (Fsp3) is 0. The SMILES string of the molecule is O=S(=O)(O)c1c(N=Cc2ccc(O)cc2O)ccc2ccccc12. The number of aromatic hydroxyl groups is 2. The molecule has 24 heavy (non-hydrogen) atoms. The van der Waals surface area contributed by atoms with Gasteiger partial charge in [0.25, 0.3) is 10.1 Å². The van der Waals surface area contributed by atoms with Crippen molar-refractivity contribution in [2.45, 2.75) is 4.90 Å². The molecule has 3 aromatic rings. The minimum atomic E-state index is -4.50. The number of rotatable bonds is 3. The number of benzene rings is 3. The highest BCUT2D eigenvalue weighted by molar-refractivity contribution is 7.86. The van der Waals surface area contributed by atoms with E-state index in [4.69, 9.17) is 0 Å². The Kier molecular flexibility index (Phi) is 3.96. The van der Waals surface area contributed by atoms with Crippen LogP contribution in [0.2, 0.25) is 0 Å². The first kappa shape index (κ1) is 16.0. The predicted octanol–water partition coefficient (Wildman–Crippen LogP) is 3.25. The largest absolute Gasteiger partial charge is 0.508 e. The number of phenols is 2. The molecule has 3 rings (SSSR count). The van der Waals surface area contributed by atoms with Gasteiger partial charge in [-0.1, -0.05) is 30.3 Å². The molecule has 0 saturated carbocycles. The summed E-state index contributed by atoms with van der Waals surface area (Å²) >= 11 is 0. The lowest BCUT2D eigenvalue weighted by Gasteiger charge is -2.07. The summed E-state index contributed by atoms with van der Waals surface area (Å²) in [5.74, 6) is -0.304. The van der Waals surface area contributed by atoms with Crippen molar-refractivity contribution in [1.82, 2.24) is 0 Å². The zero-order valence-corrected chi connectivity index (χ0v) is 13.1. The highest BCUT2D eigenvalue weighted by Crippen LogP contribution is 2.32. The molecule has 0 aromatic heterocycles. The van der Waals surface area contributed by atoms with Crippen molar-refractivity contribution < 1.29 is 23.2 Å². The van der Waals surface area contributed by atoms with Crippen molar-refractivity contribution in [2.24, 2.45) is 4.99 Å². The van der Waals surface area contributed by atoms with Crippen molar-refractivity contribution >= 4 is 32.8 Å². The maximum absolute atomic E-state index is 11.8. The zero-order valence-electron chi connectivity index (χ0n) is 12.3. The van der Waals surface area contributed by atoms with Gasteiger partial charge < -0.3 is 10.2 Å². The van der Waals surface area contributed by atoms with Crippen LogP contribution >= 0.6 is 0 Å². The molecule has 0 aliphatic heterocycles. The van der Waals surface area contributed by atoms with Crippen LogP contribution in [0, 0.1) is 0 Å². The molecule has 0 amide bonds. The highest BCUT2D eigenvalue weighted by Gasteiger charge is 2.19. The van der Waals surface area contributed by atoms with E-state index in [9.17, 15) is 23.2 Å². The number of nitrogens with zero attached hydrogens (tertiary/aromatic N) is 1. The average molecular weight is 343 g/mol. The first-order valence-electron chi connectivity index (χ1n) is 6.91. The van der Waals surface area contributed by atoms with Crippen LogP contribution in [0.1, 0.15) is 5.56 Å². The summed E-state index contributed by atoms with van der Waals surface area (Å²) in [4.78, 5) is 3.78. The van der Waals surface area contributed by atoms with Gasteiger partial charge in [-0.15, -0.1) is 0 Å². The van der Waals surface area contributed by atoms with E-state index in [0.29, 0.717) is 16.3 Å². The molecule has 0 atom stereocenters. The Labute approximate surface area is 138 Å². The maximum Gasteiger partial charge on any atom is 0.297 e. The highest BCUT2D eigenvalue weighted by atomic mass is 32.2. The number of phenolic OH excluding ortho intramolecular Hbond substituents is 2. The van der Waals surface area contributed by atoms with Crippen molar-refractivity contribution in [3.05, 3.63) is 60.2 Å². The van der Waals surface area contributed by atoms with E-state index in [1.165, 1.54) is 24.4 Å². The first-order chi connectivity index (χ1) is 11.4. The molecule has 0 aliphatic rings. The fourth-order valence-electron chi connectivity index (χ4n) is 2.38. The Morgan fingerprint density at radius 2 is 1.71 bits per heavy atom. The smallest absolute Gasteiger partial charge is 0.297 e. The van der Waals surface area contributed by atoms with Crippen molar-refractivity contribution in [3.8, 4) is 11.5 Å². The quantitative estimate of drug-likeness (QED) is 0.500. The van der Waals surface area contributed by atoms with E-state index < -0.39 is 10.1 Å². The van der Waals surface area contributed by atoms with Crippen molar-refractivity contribution in [1.29, 1.82) is 0 Å². The van der Waals surface area contributed by atoms with Crippen molar-refractivity contribution in [3.63, 3.8) is 0 Å². The summed E-state index contributed by atoms with van der Waals surface area (Å²) in [6, 6.07) is 13.8. The molecule has 3 N–H and O–H groups in total. The lowest BCUT2D eigenvalue weighted by molar-refractivity contribution is 0.450. The standard InChI is InChI=1S/C17H13NO5S/c19-13-7-5-12(16(20)9-13)10-18-15-8-6-11-3-1-2-4-14(11)17(15)24(21,22)23/h1-10,19-20H,(H,21,22,23). The van der Waals surface area contributed by atoms with Gasteiger partial charge in [0.05, 0.1) is 5.69 Å². The van der Waals surface area contributed by atoms with Crippen LogP contribution in [-0.4, -0.2) is 29.4 Å². The second kappa shape index (κ2) is 5.95. The molecule has 0 radical (unpaired) electrons. The van der Waals surface area contributed by atoms with Crippen LogP contribution in [0.5, 0.6) is 11.5 Å².